The van der Waals surface area contributed by atoms with E-state index in [-0.39, 0.29) is 60.0 Å². The third-order valence-corrected chi connectivity index (χ3v) is 10.8. The minimum absolute atomic E-state index is 0.00421. The van der Waals surface area contributed by atoms with Crippen LogP contribution < -0.4 is 5.32 Å². The molecule has 7 atom stereocenters. The maximum absolute atomic E-state index is 13.9. The second-order valence-electron chi connectivity index (χ2n) is 13.0. The monoisotopic (exact) mass is 693 g/mol. The summed E-state index contributed by atoms with van der Waals surface area (Å²) in [5.41, 5.74) is 1.01. The van der Waals surface area contributed by atoms with Crippen molar-refractivity contribution in [2.24, 2.45) is 17.8 Å². The molecule has 1 amide bonds. The van der Waals surface area contributed by atoms with Crippen molar-refractivity contribution < 1.29 is 50.1 Å². The summed E-state index contributed by atoms with van der Waals surface area (Å²) in [7, 11) is -4.21. The lowest BCUT2D eigenvalue weighted by Gasteiger charge is -2.37. The second kappa shape index (κ2) is 13.8. The van der Waals surface area contributed by atoms with Crippen LogP contribution in [-0.4, -0.2) is 79.2 Å². The number of rotatable bonds is 12. The number of amides is 1. The fourth-order valence-corrected chi connectivity index (χ4v) is 8.30. The van der Waals surface area contributed by atoms with E-state index in [1.54, 1.807) is 0 Å². The molecule has 0 spiro atoms. The van der Waals surface area contributed by atoms with E-state index in [0.29, 0.717) is 12.5 Å². The van der Waals surface area contributed by atoms with Crippen LogP contribution in [0.1, 0.15) is 38.1 Å². The number of sulfonamides is 1. The van der Waals surface area contributed by atoms with Gasteiger partial charge in [-0.15, -0.1) is 0 Å². The summed E-state index contributed by atoms with van der Waals surface area (Å²) >= 11 is 0. The molecule has 2 aromatic carbocycles. The van der Waals surface area contributed by atoms with Gasteiger partial charge in [-0.3, -0.25) is 0 Å². The average Bonchev–Trinajstić information content (AvgIpc) is 3.65. The van der Waals surface area contributed by atoms with Gasteiger partial charge in [0, 0.05) is 30.5 Å². The van der Waals surface area contributed by atoms with Crippen molar-refractivity contribution in [2.45, 2.75) is 74.8 Å². The molecule has 3 aromatic rings. The first kappa shape index (κ1) is 34.4. The van der Waals surface area contributed by atoms with Crippen LogP contribution in [0.2, 0.25) is 0 Å². The number of alkyl carbamates (subject to hydrolysis) is 1. The summed E-state index contributed by atoms with van der Waals surface area (Å²) in [6.45, 7) is 3.78. The molecule has 2 aliphatic heterocycles. The average molecular weight is 694 g/mol. The van der Waals surface area contributed by atoms with Crippen molar-refractivity contribution in [3.63, 3.8) is 0 Å². The van der Waals surface area contributed by atoms with Crippen molar-refractivity contribution in [2.75, 3.05) is 19.7 Å². The van der Waals surface area contributed by atoms with Gasteiger partial charge in [0.05, 0.1) is 35.9 Å². The van der Waals surface area contributed by atoms with Crippen molar-refractivity contribution in [1.29, 1.82) is 0 Å². The van der Waals surface area contributed by atoms with Crippen molar-refractivity contribution in [3.05, 3.63) is 72.2 Å². The molecule has 1 aromatic heterocycles. The number of ether oxygens (including phenoxy) is 3. The highest BCUT2D eigenvalue weighted by Crippen LogP contribution is 2.46. The minimum Gasteiger partial charge on any atom is -0.443 e. The molecular formula is C33H38F3N3O8S. The van der Waals surface area contributed by atoms with E-state index in [0.717, 1.165) is 28.9 Å². The normalized spacial score (nSPS) is 25.0. The van der Waals surface area contributed by atoms with Crippen LogP contribution in [0.4, 0.5) is 18.0 Å². The first-order valence-corrected chi connectivity index (χ1v) is 17.3. The summed E-state index contributed by atoms with van der Waals surface area (Å²) in [5, 5.41) is 14.3. The molecule has 2 N–H and O–H groups in total. The Bertz CT molecular complexity index is 1660. The van der Waals surface area contributed by atoms with Gasteiger partial charge in [-0.25, -0.2) is 18.2 Å². The summed E-state index contributed by atoms with van der Waals surface area (Å²) in [4.78, 5) is 16.4. The van der Waals surface area contributed by atoms with Crippen molar-refractivity contribution >= 4 is 16.1 Å². The zero-order valence-electron chi connectivity index (χ0n) is 26.4. The SMILES string of the molecule is CC(C)CN(C[C@@H](O)[C@H](Cc1ccccc1)NC(=O)OC1C2COC3OC1CC3C2)S(=O)(=O)c1ccc(-c2cnc(C(F)(F)F)o2)cc1. The number of nitrogens with zero attached hydrogens (tertiary/aromatic N) is 2. The Morgan fingerprint density at radius 2 is 1.81 bits per heavy atom. The Morgan fingerprint density at radius 3 is 2.48 bits per heavy atom. The number of hydrogen-bond acceptors (Lipinski definition) is 9. The lowest BCUT2D eigenvalue weighted by atomic mass is 9.78. The highest BCUT2D eigenvalue weighted by Gasteiger charge is 2.53. The molecule has 3 fully saturated rings. The lowest BCUT2D eigenvalue weighted by molar-refractivity contribution is -0.156. The molecule has 11 nitrogen and oxygen atoms in total. The number of carbonyl (C=O) groups is 1. The summed E-state index contributed by atoms with van der Waals surface area (Å²) in [6, 6.07) is 13.4. The van der Waals surface area contributed by atoms with E-state index in [1.807, 2.05) is 44.2 Å². The van der Waals surface area contributed by atoms with E-state index < -0.39 is 46.4 Å². The quantitative estimate of drug-likeness (QED) is 0.272. The van der Waals surface area contributed by atoms with Crippen molar-refractivity contribution in [1.82, 2.24) is 14.6 Å². The Hall–Kier alpha value is -3.50. The molecule has 1 saturated carbocycles. The molecule has 6 rings (SSSR count). The molecule has 15 heteroatoms. The van der Waals surface area contributed by atoms with E-state index in [4.69, 9.17) is 18.6 Å². The maximum Gasteiger partial charge on any atom is 0.468 e. The molecule has 3 heterocycles. The number of halogens is 3. The lowest BCUT2D eigenvalue weighted by Crippen LogP contribution is -2.53. The Morgan fingerprint density at radius 1 is 1.08 bits per heavy atom. The number of hydrogen-bond donors (Lipinski definition) is 2. The minimum atomic E-state index is -4.76. The Labute approximate surface area is 276 Å². The van der Waals surface area contributed by atoms with Gasteiger partial charge in [-0.1, -0.05) is 44.2 Å². The molecule has 3 bridgehead atoms. The van der Waals surface area contributed by atoms with E-state index in [9.17, 15) is 31.5 Å². The topological polar surface area (TPSA) is 140 Å². The largest absolute Gasteiger partial charge is 0.468 e. The standard InChI is InChI=1S/C33H38F3N3O8S/c1-19(2)16-39(48(42,43)24-10-8-21(9-11-24)28-15-37-31(46-28)33(34,35)36)17-26(40)25(12-20-6-4-3-5-7-20)38-32(41)47-29-23-13-22-14-27(29)45-30(22)44-18-23/h3-11,15,19,22-23,25-27,29-30,40H,12-14,16-18H2,1-2H3,(H,38,41)/t22?,23?,25-,26+,27?,29?,30?/m0/s1. The fraction of sp³-hybridized carbons (Fsp3) is 0.515. The smallest absolute Gasteiger partial charge is 0.443 e. The fourth-order valence-electron chi connectivity index (χ4n) is 6.68. The van der Waals surface area contributed by atoms with Crippen LogP contribution in [0.15, 0.2) is 70.1 Å². The predicted octanol–water partition coefficient (Wildman–Crippen LogP) is 4.86. The van der Waals surface area contributed by atoms with Crippen LogP contribution in [0.3, 0.4) is 0 Å². The number of nitrogens with one attached hydrogen (secondary N) is 1. The molecule has 1 aliphatic carbocycles. The molecule has 2 saturated heterocycles. The Balaban J connectivity index is 1.18. The number of aromatic nitrogens is 1. The van der Waals surface area contributed by atoms with Gasteiger partial charge in [0.15, 0.2) is 12.1 Å². The molecule has 0 radical (unpaired) electrons. The number of aliphatic hydroxyl groups excluding tert-OH is 1. The number of benzene rings is 2. The highest BCUT2D eigenvalue weighted by molar-refractivity contribution is 7.89. The van der Waals surface area contributed by atoms with Crippen LogP contribution in [0, 0.1) is 17.8 Å². The van der Waals surface area contributed by atoms with Gasteiger partial charge >= 0.3 is 18.2 Å². The Kier molecular flexibility index (Phi) is 9.87. The third-order valence-electron chi connectivity index (χ3n) is 8.93. The number of carbonyl (C=O) groups excluding carboxylic acids is 1. The number of aliphatic hydroxyl groups is 1. The molecule has 48 heavy (non-hydrogen) atoms. The predicted molar refractivity (Wildman–Crippen MR) is 165 cm³/mol. The molecule has 3 aliphatic rings. The summed E-state index contributed by atoms with van der Waals surface area (Å²) in [5.74, 6) is -1.42. The van der Waals surface area contributed by atoms with Gasteiger partial charge in [-0.2, -0.15) is 17.5 Å². The van der Waals surface area contributed by atoms with E-state index in [2.05, 4.69) is 10.3 Å². The van der Waals surface area contributed by atoms with Gasteiger partial charge < -0.3 is 29.1 Å². The van der Waals surface area contributed by atoms with Gasteiger partial charge in [0.1, 0.15) is 6.10 Å². The van der Waals surface area contributed by atoms with Gasteiger partial charge in [-0.05, 0) is 55.0 Å². The van der Waals surface area contributed by atoms with E-state index in [1.165, 1.54) is 24.3 Å². The second-order valence-corrected chi connectivity index (χ2v) is 15.0. The maximum atomic E-state index is 13.9. The number of oxazole rings is 1. The summed E-state index contributed by atoms with van der Waals surface area (Å²) in [6.07, 6.45) is -5.20. The van der Waals surface area contributed by atoms with Crippen LogP contribution in [0.5, 0.6) is 0 Å². The van der Waals surface area contributed by atoms with E-state index >= 15 is 0 Å². The van der Waals surface area contributed by atoms with Gasteiger partial charge in [0.2, 0.25) is 10.0 Å². The van der Waals surface area contributed by atoms with Crippen LogP contribution >= 0.6 is 0 Å². The molecule has 5 unspecified atom stereocenters. The molecule has 260 valence electrons. The first-order valence-electron chi connectivity index (χ1n) is 15.9. The van der Waals surface area contributed by atoms with Gasteiger partial charge in [0.25, 0.3) is 0 Å². The third kappa shape index (κ3) is 7.54. The van der Waals surface area contributed by atoms with Crippen molar-refractivity contribution in [3.8, 4) is 11.3 Å². The van der Waals surface area contributed by atoms with Crippen LogP contribution in [-0.2, 0) is 36.8 Å². The first-order chi connectivity index (χ1) is 22.8. The zero-order chi connectivity index (χ0) is 34.2. The molecular weight excluding hydrogens is 655 g/mol. The highest BCUT2D eigenvalue weighted by atomic mass is 32.2. The number of alkyl halides is 3. The van der Waals surface area contributed by atoms with Crippen LogP contribution in [0.25, 0.3) is 11.3 Å². The zero-order valence-corrected chi connectivity index (χ0v) is 27.2. The number of fused-ring (bicyclic) bond motifs is 2. The summed E-state index contributed by atoms with van der Waals surface area (Å²) < 4.78 is 90.2.